The summed E-state index contributed by atoms with van der Waals surface area (Å²) in [7, 11) is -3.22. The molecule has 8 heteroatoms. The summed E-state index contributed by atoms with van der Waals surface area (Å²) in [6, 6.07) is 8.18. The van der Waals surface area contributed by atoms with Gasteiger partial charge in [-0.3, -0.25) is 0 Å². The molecule has 0 radical (unpaired) electrons. The Morgan fingerprint density at radius 1 is 1.28 bits per heavy atom. The highest BCUT2D eigenvalue weighted by Gasteiger charge is 2.48. The Morgan fingerprint density at radius 3 is 2.59 bits per heavy atom. The van der Waals surface area contributed by atoms with Crippen LogP contribution in [-0.4, -0.2) is 46.1 Å². The van der Waals surface area contributed by atoms with Gasteiger partial charge in [-0.2, -0.15) is 0 Å². The monoisotopic (exact) mass is 438 g/mol. The standard InChI is InChI=1S/C21H31ClN4O2S/c1-2-14-29(27,28)26-13-12-24-19-16(15-23)8-11-25-20(19)21(9-3-10-21)17-4-6-18(22)7-5-17/h4-7,15,20,23-26H,2-3,8-14H2,1H3. The van der Waals surface area contributed by atoms with Crippen molar-refractivity contribution in [2.24, 2.45) is 0 Å². The van der Waals surface area contributed by atoms with Crippen LogP contribution < -0.4 is 15.4 Å². The van der Waals surface area contributed by atoms with Crippen LogP contribution in [0.5, 0.6) is 0 Å². The molecule has 1 aromatic carbocycles. The smallest absolute Gasteiger partial charge is 0.211 e. The second-order valence-electron chi connectivity index (χ2n) is 7.88. The van der Waals surface area contributed by atoms with E-state index in [1.807, 2.05) is 19.1 Å². The fraction of sp³-hybridized carbons (Fsp3) is 0.571. The number of halogens is 1. The van der Waals surface area contributed by atoms with Gasteiger partial charge in [0.15, 0.2) is 0 Å². The third kappa shape index (κ3) is 5.02. The molecule has 0 saturated heterocycles. The van der Waals surface area contributed by atoms with Crippen molar-refractivity contribution in [3.05, 3.63) is 46.1 Å². The van der Waals surface area contributed by atoms with Crippen LogP contribution >= 0.6 is 11.6 Å². The van der Waals surface area contributed by atoms with Gasteiger partial charge in [-0.25, -0.2) is 13.1 Å². The van der Waals surface area contributed by atoms with Crippen LogP contribution in [0.1, 0.15) is 44.6 Å². The summed E-state index contributed by atoms with van der Waals surface area (Å²) in [5.41, 5.74) is 3.25. The fourth-order valence-corrected chi connectivity index (χ4v) is 5.66. The predicted molar refractivity (Wildman–Crippen MR) is 119 cm³/mol. The van der Waals surface area contributed by atoms with Crippen LogP contribution in [0.25, 0.3) is 0 Å². The highest BCUT2D eigenvalue weighted by atomic mass is 35.5. The molecule has 1 aliphatic carbocycles. The first-order valence-electron chi connectivity index (χ1n) is 10.4. The lowest BCUT2D eigenvalue weighted by Gasteiger charge is -2.51. The van der Waals surface area contributed by atoms with Crippen molar-refractivity contribution in [1.29, 1.82) is 5.41 Å². The van der Waals surface area contributed by atoms with Gasteiger partial charge in [0.1, 0.15) is 0 Å². The van der Waals surface area contributed by atoms with Gasteiger partial charge in [0.05, 0.1) is 11.8 Å². The summed E-state index contributed by atoms with van der Waals surface area (Å²) in [4.78, 5) is 0. The fourth-order valence-electron chi connectivity index (χ4n) is 4.44. The van der Waals surface area contributed by atoms with Crippen LogP contribution in [-0.2, 0) is 15.4 Å². The summed E-state index contributed by atoms with van der Waals surface area (Å²) in [6.07, 6.45) is 6.15. The Labute approximate surface area is 179 Å². The second-order valence-corrected chi connectivity index (χ2v) is 10.2. The molecule has 0 spiro atoms. The van der Waals surface area contributed by atoms with Gasteiger partial charge in [0.25, 0.3) is 0 Å². The zero-order valence-corrected chi connectivity index (χ0v) is 18.5. The molecular formula is C21H31ClN4O2S. The van der Waals surface area contributed by atoms with Crippen molar-refractivity contribution in [3.63, 3.8) is 0 Å². The van der Waals surface area contributed by atoms with Gasteiger partial charge in [0.2, 0.25) is 10.0 Å². The zero-order chi connectivity index (χ0) is 20.9. The third-order valence-electron chi connectivity index (χ3n) is 6.00. The summed E-state index contributed by atoms with van der Waals surface area (Å²) in [6.45, 7) is 3.51. The molecule has 1 aliphatic heterocycles. The molecule has 1 aromatic rings. The number of benzene rings is 1. The molecular weight excluding hydrogens is 408 g/mol. The Kier molecular flexibility index (Phi) is 7.37. The lowest BCUT2D eigenvalue weighted by atomic mass is 9.58. The van der Waals surface area contributed by atoms with Gasteiger partial charge in [-0.05, 0) is 55.5 Å². The van der Waals surface area contributed by atoms with Crippen molar-refractivity contribution in [1.82, 2.24) is 15.4 Å². The van der Waals surface area contributed by atoms with Crippen molar-refractivity contribution in [3.8, 4) is 0 Å². The quantitative estimate of drug-likeness (QED) is 0.333. The Morgan fingerprint density at radius 2 is 2.00 bits per heavy atom. The van der Waals surface area contributed by atoms with E-state index < -0.39 is 10.0 Å². The molecule has 6 nitrogen and oxygen atoms in total. The van der Waals surface area contributed by atoms with E-state index in [-0.39, 0.29) is 17.2 Å². The summed E-state index contributed by atoms with van der Waals surface area (Å²) < 4.78 is 26.4. The predicted octanol–water partition coefficient (Wildman–Crippen LogP) is 2.95. The minimum Gasteiger partial charge on any atom is -0.385 e. The van der Waals surface area contributed by atoms with Crippen molar-refractivity contribution < 1.29 is 8.42 Å². The molecule has 3 rings (SSSR count). The maximum atomic E-state index is 11.9. The van der Waals surface area contributed by atoms with Crippen LogP contribution in [0.15, 0.2) is 35.5 Å². The van der Waals surface area contributed by atoms with Crippen molar-refractivity contribution in [2.45, 2.75) is 50.5 Å². The molecule has 1 unspecified atom stereocenters. The molecule has 1 saturated carbocycles. The number of nitrogens with one attached hydrogen (secondary N) is 4. The SMILES string of the molecule is CCCS(=O)(=O)NCCNC1=C(C=N)CCNC1C1(c2ccc(Cl)cc2)CCC1. The first kappa shape index (κ1) is 22.3. The van der Waals surface area contributed by atoms with E-state index in [2.05, 4.69) is 27.5 Å². The third-order valence-corrected chi connectivity index (χ3v) is 7.85. The number of rotatable bonds is 10. The first-order valence-corrected chi connectivity index (χ1v) is 12.4. The van der Waals surface area contributed by atoms with E-state index in [1.54, 1.807) is 0 Å². The van der Waals surface area contributed by atoms with E-state index in [9.17, 15) is 8.42 Å². The first-order chi connectivity index (χ1) is 13.9. The molecule has 1 heterocycles. The maximum Gasteiger partial charge on any atom is 0.211 e. The van der Waals surface area contributed by atoms with Crippen molar-refractivity contribution in [2.75, 3.05) is 25.4 Å². The molecule has 160 valence electrons. The van der Waals surface area contributed by atoms with E-state index in [0.29, 0.717) is 19.5 Å². The Hall–Kier alpha value is -1.41. The second kappa shape index (κ2) is 9.60. The van der Waals surface area contributed by atoms with E-state index in [1.165, 1.54) is 18.2 Å². The van der Waals surface area contributed by atoms with Crippen molar-refractivity contribution >= 4 is 27.8 Å². The van der Waals surface area contributed by atoms with Gasteiger partial charge < -0.3 is 16.0 Å². The molecule has 0 bridgehead atoms. The van der Waals surface area contributed by atoms with Crippen LogP contribution in [0.2, 0.25) is 5.02 Å². The highest BCUT2D eigenvalue weighted by molar-refractivity contribution is 7.89. The number of sulfonamides is 1. The van der Waals surface area contributed by atoms with Gasteiger partial charge in [-0.1, -0.05) is 37.1 Å². The van der Waals surface area contributed by atoms with Crippen LogP contribution in [0.4, 0.5) is 0 Å². The number of hydrogen-bond donors (Lipinski definition) is 4. The Balaban J connectivity index is 1.78. The average Bonchev–Trinajstić information content (AvgIpc) is 2.66. The molecule has 2 aliphatic rings. The zero-order valence-electron chi connectivity index (χ0n) is 16.9. The highest BCUT2D eigenvalue weighted by Crippen LogP contribution is 2.49. The van der Waals surface area contributed by atoms with E-state index >= 15 is 0 Å². The van der Waals surface area contributed by atoms with E-state index in [0.717, 1.165) is 42.1 Å². The molecule has 4 N–H and O–H groups in total. The van der Waals surface area contributed by atoms with Gasteiger partial charge in [-0.15, -0.1) is 0 Å². The minimum absolute atomic E-state index is 0.0245. The largest absolute Gasteiger partial charge is 0.385 e. The summed E-state index contributed by atoms with van der Waals surface area (Å²) in [5.74, 6) is 0.144. The maximum absolute atomic E-state index is 11.9. The van der Waals surface area contributed by atoms with Crippen LogP contribution in [0, 0.1) is 5.41 Å². The van der Waals surface area contributed by atoms with Crippen LogP contribution in [0.3, 0.4) is 0 Å². The summed E-state index contributed by atoms with van der Waals surface area (Å²) >= 11 is 6.10. The number of hydrogen-bond acceptors (Lipinski definition) is 5. The topological polar surface area (TPSA) is 94.1 Å². The molecule has 29 heavy (non-hydrogen) atoms. The lowest BCUT2D eigenvalue weighted by Crippen LogP contribution is -2.58. The minimum atomic E-state index is -3.22. The molecule has 0 amide bonds. The molecule has 1 atom stereocenters. The van der Waals surface area contributed by atoms with Gasteiger partial charge >= 0.3 is 0 Å². The normalized spacial score (nSPS) is 21.5. The average molecular weight is 439 g/mol. The van der Waals surface area contributed by atoms with E-state index in [4.69, 9.17) is 17.0 Å². The lowest BCUT2D eigenvalue weighted by molar-refractivity contribution is 0.179. The molecule has 1 fully saturated rings. The Bertz CT molecular complexity index is 848. The summed E-state index contributed by atoms with van der Waals surface area (Å²) in [5, 5.41) is 15.7. The molecule has 0 aromatic heterocycles. The van der Waals surface area contributed by atoms with Gasteiger partial charge in [0, 0.05) is 35.4 Å².